The summed E-state index contributed by atoms with van der Waals surface area (Å²) < 4.78 is 0. The van der Waals surface area contributed by atoms with Crippen molar-refractivity contribution in [3.8, 4) is 0 Å². The van der Waals surface area contributed by atoms with Gasteiger partial charge in [0.15, 0.2) is 0 Å². The fraction of sp³-hybridized carbons (Fsp3) is 0.500. The number of nitrogens with zero attached hydrogens (tertiary/aromatic N) is 3. The molecule has 1 atom stereocenters. The highest BCUT2D eigenvalue weighted by atomic mass is 16.3. The van der Waals surface area contributed by atoms with Crippen molar-refractivity contribution in [2.75, 3.05) is 36.9 Å². The average Bonchev–Trinajstić information content (AvgIpc) is 2.99. The summed E-state index contributed by atoms with van der Waals surface area (Å²) in [6.45, 7) is 2.15. The summed E-state index contributed by atoms with van der Waals surface area (Å²) in [5.41, 5.74) is 2.50. The number of piperidine rings is 1. The van der Waals surface area contributed by atoms with E-state index in [-0.39, 0.29) is 17.9 Å². The van der Waals surface area contributed by atoms with Gasteiger partial charge in [0.1, 0.15) is 0 Å². The Labute approximate surface area is 207 Å². The van der Waals surface area contributed by atoms with Crippen LogP contribution in [-0.2, 0) is 4.79 Å². The molecule has 7 nitrogen and oxygen atoms in total. The Morgan fingerprint density at radius 1 is 1.00 bits per heavy atom. The summed E-state index contributed by atoms with van der Waals surface area (Å²) in [5, 5.41) is 12.8. The molecular formula is C28H36N4O3. The number of aliphatic hydroxyl groups is 1. The Kier molecular flexibility index (Phi) is 7.18. The molecule has 1 aliphatic carbocycles. The fourth-order valence-corrected chi connectivity index (χ4v) is 5.92. The van der Waals surface area contributed by atoms with E-state index >= 15 is 0 Å². The van der Waals surface area contributed by atoms with E-state index in [4.69, 9.17) is 0 Å². The van der Waals surface area contributed by atoms with Crippen molar-refractivity contribution in [3.63, 3.8) is 0 Å². The largest absolute Gasteiger partial charge is 0.393 e. The standard InChI is InChI=1S/C28H36N4O3/c1-30(20-13-15-22(33)16-14-20)18-21-8-6-7-17-31(21)19-27(34)32-25-11-4-2-9-23(25)28(35)29-24-10-3-5-12-26(24)32/h2-5,9-12,20-22,33H,6-8,13-19H2,1H3,(H,29,35)/t20-,21?,22-. The zero-order valence-corrected chi connectivity index (χ0v) is 20.5. The molecular weight excluding hydrogens is 440 g/mol. The normalized spacial score (nSPS) is 24.9. The highest BCUT2D eigenvalue weighted by molar-refractivity contribution is 6.17. The van der Waals surface area contributed by atoms with Gasteiger partial charge in [-0.25, -0.2) is 0 Å². The smallest absolute Gasteiger partial charge is 0.257 e. The number of anilines is 3. The van der Waals surface area contributed by atoms with E-state index in [1.54, 1.807) is 11.0 Å². The molecule has 35 heavy (non-hydrogen) atoms. The Bertz CT molecular complexity index is 1070. The second-order valence-corrected chi connectivity index (χ2v) is 10.2. The number of carbonyl (C=O) groups is 2. The van der Waals surface area contributed by atoms with Crippen LogP contribution in [0.15, 0.2) is 48.5 Å². The van der Waals surface area contributed by atoms with Crippen molar-refractivity contribution in [1.82, 2.24) is 9.80 Å². The lowest BCUT2D eigenvalue weighted by Crippen LogP contribution is -2.51. The van der Waals surface area contributed by atoms with Crippen LogP contribution < -0.4 is 10.2 Å². The van der Waals surface area contributed by atoms with Crippen LogP contribution in [0.1, 0.15) is 55.3 Å². The zero-order chi connectivity index (χ0) is 24.4. The maximum absolute atomic E-state index is 13.9. The second-order valence-electron chi connectivity index (χ2n) is 10.2. The molecule has 0 spiro atoms. The highest BCUT2D eigenvalue weighted by Gasteiger charge is 2.33. The lowest BCUT2D eigenvalue weighted by Gasteiger charge is -2.41. The first-order valence-corrected chi connectivity index (χ1v) is 13.0. The summed E-state index contributed by atoms with van der Waals surface area (Å²) in [6, 6.07) is 15.7. The van der Waals surface area contributed by atoms with Gasteiger partial charge < -0.3 is 15.3 Å². The van der Waals surface area contributed by atoms with E-state index in [0.29, 0.717) is 41.3 Å². The van der Waals surface area contributed by atoms with Gasteiger partial charge in [-0.3, -0.25) is 19.4 Å². The monoisotopic (exact) mass is 476 g/mol. The number of carbonyl (C=O) groups excluding carboxylic acids is 2. The third-order valence-corrected chi connectivity index (χ3v) is 7.91. The predicted molar refractivity (Wildman–Crippen MR) is 138 cm³/mol. The Hall–Kier alpha value is -2.74. The minimum absolute atomic E-state index is 0.0169. The third kappa shape index (κ3) is 5.13. The van der Waals surface area contributed by atoms with Crippen molar-refractivity contribution in [2.45, 2.75) is 63.1 Å². The lowest BCUT2D eigenvalue weighted by atomic mass is 9.91. The molecule has 2 N–H and O–H groups in total. The van der Waals surface area contributed by atoms with E-state index in [2.05, 4.69) is 22.2 Å². The van der Waals surface area contributed by atoms with Crippen molar-refractivity contribution in [2.24, 2.45) is 0 Å². The molecule has 1 saturated heterocycles. The topological polar surface area (TPSA) is 76.1 Å². The molecule has 0 bridgehead atoms. The Balaban J connectivity index is 1.36. The number of fused-ring (bicyclic) bond motifs is 2. The Morgan fingerprint density at radius 2 is 1.71 bits per heavy atom. The molecule has 7 heteroatoms. The van der Waals surface area contributed by atoms with Gasteiger partial charge in [0, 0.05) is 18.6 Å². The van der Waals surface area contributed by atoms with Crippen molar-refractivity contribution in [1.29, 1.82) is 0 Å². The Morgan fingerprint density at radius 3 is 2.51 bits per heavy atom. The number of hydrogen-bond acceptors (Lipinski definition) is 5. The number of hydrogen-bond donors (Lipinski definition) is 2. The molecule has 2 amide bonds. The summed E-state index contributed by atoms with van der Waals surface area (Å²) in [7, 11) is 2.19. The second kappa shape index (κ2) is 10.5. The maximum Gasteiger partial charge on any atom is 0.257 e. The fourth-order valence-electron chi connectivity index (χ4n) is 5.92. The molecule has 3 aliphatic rings. The van der Waals surface area contributed by atoms with Gasteiger partial charge in [-0.05, 0) is 76.4 Å². The number of benzene rings is 2. The molecule has 0 radical (unpaired) electrons. The molecule has 2 fully saturated rings. The number of likely N-dealkylation sites (N-methyl/N-ethyl adjacent to an activating group) is 1. The van der Waals surface area contributed by atoms with Crippen LogP contribution in [0.4, 0.5) is 17.1 Å². The molecule has 2 aromatic rings. The van der Waals surface area contributed by atoms with Crippen molar-refractivity contribution < 1.29 is 14.7 Å². The quantitative estimate of drug-likeness (QED) is 0.682. The highest BCUT2D eigenvalue weighted by Crippen LogP contribution is 2.38. The first-order valence-electron chi connectivity index (χ1n) is 13.0. The van der Waals surface area contributed by atoms with Crippen LogP contribution in [0.25, 0.3) is 0 Å². The molecule has 2 aliphatic heterocycles. The van der Waals surface area contributed by atoms with Crippen LogP contribution in [-0.4, -0.2) is 71.6 Å². The van der Waals surface area contributed by atoms with Gasteiger partial charge in [-0.15, -0.1) is 0 Å². The SMILES string of the molecule is CN(CC1CCCCN1CC(=O)N1c2ccccc2NC(=O)c2ccccc21)[C@H]1CC[C@H](O)CC1. The first-order chi connectivity index (χ1) is 17.0. The number of para-hydroxylation sites is 3. The van der Waals surface area contributed by atoms with Crippen LogP contribution in [0.2, 0.25) is 0 Å². The number of rotatable bonds is 5. The third-order valence-electron chi connectivity index (χ3n) is 7.91. The van der Waals surface area contributed by atoms with Crippen LogP contribution in [0.3, 0.4) is 0 Å². The van der Waals surface area contributed by atoms with Gasteiger partial charge in [0.2, 0.25) is 5.91 Å². The van der Waals surface area contributed by atoms with Gasteiger partial charge >= 0.3 is 0 Å². The molecule has 2 heterocycles. The predicted octanol–water partition coefficient (Wildman–Crippen LogP) is 4.01. The van der Waals surface area contributed by atoms with Gasteiger partial charge in [-0.2, -0.15) is 0 Å². The summed E-state index contributed by atoms with van der Waals surface area (Å²) in [4.78, 5) is 33.3. The number of amides is 2. The summed E-state index contributed by atoms with van der Waals surface area (Å²) in [6.07, 6.45) is 7.03. The van der Waals surface area contributed by atoms with E-state index < -0.39 is 0 Å². The van der Waals surface area contributed by atoms with Crippen molar-refractivity contribution in [3.05, 3.63) is 54.1 Å². The molecule has 186 valence electrons. The van der Waals surface area contributed by atoms with E-state index in [9.17, 15) is 14.7 Å². The van der Waals surface area contributed by atoms with Crippen LogP contribution in [0.5, 0.6) is 0 Å². The summed E-state index contributed by atoms with van der Waals surface area (Å²) in [5.74, 6) is -0.213. The zero-order valence-electron chi connectivity index (χ0n) is 20.5. The van der Waals surface area contributed by atoms with Gasteiger partial charge in [0.05, 0.1) is 35.3 Å². The maximum atomic E-state index is 13.9. The van der Waals surface area contributed by atoms with E-state index in [1.165, 1.54) is 6.42 Å². The van der Waals surface area contributed by atoms with Gasteiger partial charge in [0.25, 0.3) is 5.91 Å². The van der Waals surface area contributed by atoms with E-state index in [1.807, 2.05) is 42.5 Å². The average molecular weight is 477 g/mol. The first kappa shape index (κ1) is 24.0. The molecule has 5 rings (SSSR count). The minimum Gasteiger partial charge on any atom is -0.393 e. The van der Waals surface area contributed by atoms with Crippen LogP contribution >= 0.6 is 0 Å². The van der Waals surface area contributed by atoms with Crippen molar-refractivity contribution >= 4 is 28.9 Å². The van der Waals surface area contributed by atoms with E-state index in [0.717, 1.165) is 51.6 Å². The number of likely N-dealkylation sites (tertiary alicyclic amines) is 1. The van der Waals surface area contributed by atoms with Gasteiger partial charge in [-0.1, -0.05) is 30.7 Å². The minimum atomic E-state index is -0.196. The molecule has 0 aromatic heterocycles. The summed E-state index contributed by atoms with van der Waals surface area (Å²) >= 11 is 0. The number of nitrogens with one attached hydrogen (secondary N) is 1. The molecule has 1 saturated carbocycles. The molecule has 2 aromatic carbocycles. The lowest BCUT2D eigenvalue weighted by molar-refractivity contribution is -0.120. The molecule has 1 unspecified atom stereocenters. The van der Waals surface area contributed by atoms with Crippen LogP contribution in [0, 0.1) is 0 Å². The number of aliphatic hydroxyl groups excluding tert-OH is 1.